The maximum atomic E-state index is 12.9. The fourth-order valence-corrected chi connectivity index (χ4v) is 3.02. The molecule has 8 heteroatoms. The number of nitrogens with zero attached hydrogens (tertiary/aromatic N) is 3. The first-order valence-corrected chi connectivity index (χ1v) is 8.31. The van der Waals surface area contributed by atoms with E-state index in [-0.39, 0.29) is 12.2 Å². The predicted molar refractivity (Wildman–Crippen MR) is 99.3 cm³/mol. The molecule has 140 valence electrons. The number of aromatic nitrogens is 3. The van der Waals surface area contributed by atoms with Crippen molar-refractivity contribution in [3.8, 4) is 0 Å². The average Bonchev–Trinajstić information content (AvgIpc) is 2.91. The molecule has 27 heavy (non-hydrogen) atoms. The SMILES string of the molecule is COCc1cc(NC(=O)c2c(C)nn3c(C)cc(C)nc23)cc(C(=O)O)c1. The molecule has 0 fully saturated rings. The summed E-state index contributed by atoms with van der Waals surface area (Å²) in [7, 11) is 1.52. The number of fused-ring (bicyclic) bond motifs is 1. The molecule has 3 aromatic rings. The fraction of sp³-hybridized carbons (Fsp3) is 0.263. The van der Waals surface area contributed by atoms with Gasteiger partial charge in [-0.3, -0.25) is 4.79 Å². The van der Waals surface area contributed by atoms with Crippen molar-refractivity contribution in [3.05, 3.63) is 58.0 Å². The maximum absolute atomic E-state index is 12.9. The minimum absolute atomic E-state index is 0.0706. The summed E-state index contributed by atoms with van der Waals surface area (Å²) in [6, 6.07) is 6.48. The molecule has 0 aliphatic heterocycles. The highest BCUT2D eigenvalue weighted by Crippen LogP contribution is 2.20. The Balaban J connectivity index is 2.02. The van der Waals surface area contributed by atoms with Crippen LogP contribution in [0.2, 0.25) is 0 Å². The molecule has 0 bridgehead atoms. The number of aromatic carboxylic acids is 1. The summed E-state index contributed by atoms with van der Waals surface area (Å²) in [6.45, 7) is 5.72. The van der Waals surface area contributed by atoms with Crippen molar-refractivity contribution in [1.29, 1.82) is 0 Å². The molecule has 1 aromatic carbocycles. The van der Waals surface area contributed by atoms with E-state index in [1.807, 2.05) is 19.9 Å². The molecule has 0 unspecified atom stereocenters. The third-order valence-electron chi connectivity index (χ3n) is 4.11. The van der Waals surface area contributed by atoms with E-state index in [0.29, 0.717) is 28.2 Å². The Morgan fingerprint density at radius 2 is 1.93 bits per heavy atom. The molecular weight excluding hydrogens is 348 g/mol. The standard InChI is InChI=1S/C19H20N4O4/c1-10-5-11(2)23-17(20-10)16(12(3)22-23)18(24)21-15-7-13(9-27-4)6-14(8-15)19(25)26/h5-8H,9H2,1-4H3,(H,21,24)(H,25,26). The summed E-state index contributed by atoms with van der Waals surface area (Å²) >= 11 is 0. The number of hydrogen-bond acceptors (Lipinski definition) is 5. The van der Waals surface area contributed by atoms with Crippen molar-refractivity contribution < 1.29 is 19.4 Å². The van der Waals surface area contributed by atoms with Gasteiger partial charge in [0.05, 0.1) is 17.9 Å². The Kier molecular flexibility index (Phi) is 4.91. The van der Waals surface area contributed by atoms with E-state index in [0.717, 1.165) is 11.4 Å². The fourth-order valence-electron chi connectivity index (χ4n) is 3.02. The van der Waals surface area contributed by atoms with Crippen LogP contribution >= 0.6 is 0 Å². The first-order chi connectivity index (χ1) is 12.8. The smallest absolute Gasteiger partial charge is 0.335 e. The second kappa shape index (κ2) is 7.16. The number of aryl methyl sites for hydroxylation is 3. The van der Waals surface area contributed by atoms with Crippen LogP contribution in [0.1, 0.15) is 43.4 Å². The van der Waals surface area contributed by atoms with Gasteiger partial charge in [-0.25, -0.2) is 14.3 Å². The summed E-state index contributed by atoms with van der Waals surface area (Å²) < 4.78 is 6.70. The van der Waals surface area contributed by atoms with E-state index in [9.17, 15) is 14.7 Å². The number of amides is 1. The van der Waals surface area contributed by atoms with Crippen molar-refractivity contribution in [2.24, 2.45) is 0 Å². The van der Waals surface area contributed by atoms with Gasteiger partial charge in [-0.05, 0) is 50.6 Å². The van der Waals surface area contributed by atoms with Gasteiger partial charge in [-0.2, -0.15) is 5.10 Å². The molecule has 2 N–H and O–H groups in total. The van der Waals surface area contributed by atoms with Crippen LogP contribution in [-0.2, 0) is 11.3 Å². The van der Waals surface area contributed by atoms with Gasteiger partial charge in [0, 0.05) is 24.2 Å². The third-order valence-corrected chi connectivity index (χ3v) is 4.11. The summed E-state index contributed by atoms with van der Waals surface area (Å²) in [5.41, 5.74) is 4.11. The van der Waals surface area contributed by atoms with Crippen LogP contribution in [0.3, 0.4) is 0 Å². The Bertz CT molecular complexity index is 1060. The van der Waals surface area contributed by atoms with Crippen LogP contribution in [0.4, 0.5) is 5.69 Å². The van der Waals surface area contributed by atoms with E-state index in [2.05, 4.69) is 15.4 Å². The lowest BCUT2D eigenvalue weighted by molar-refractivity contribution is 0.0696. The van der Waals surface area contributed by atoms with Gasteiger partial charge in [0.1, 0.15) is 5.56 Å². The first kappa shape index (κ1) is 18.5. The minimum atomic E-state index is -1.08. The van der Waals surface area contributed by atoms with Crippen LogP contribution in [0.5, 0.6) is 0 Å². The largest absolute Gasteiger partial charge is 0.478 e. The Hall–Kier alpha value is -3.26. The predicted octanol–water partition coefficient (Wildman–Crippen LogP) is 2.75. The number of benzene rings is 1. The maximum Gasteiger partial charge on any atom is 0.335 e. The Morgan fingerprint density at radius 1 is 1.19 bits per heavy atom. The molecule has 2 heterocycles. The number of rotatable bonds is 5. The van der Waals surface area contributed by atoms with Crippen LogP contribution < -0.4 is 5.32 Å². The molecule has 0 radical (unpaired) electrons. The monoisotopic (exact) mass is 368 g/mol. The van der Waals surface area contributed by atoms with Gasteiger partial charge < -0.3 is 15.2 Å². The molecule has 2 aromatic heterocycles. The second-order valence-corrected chi connectivity index (χ2v) is 6.35. The molecular formula is C19H20N4O4. The zero-order chi connectivity index (χ0) is 19.7. The summed E-state index contributed by atoms with van der Waals surface area (Å²) in [5.74, 6) is -1.48. The number of nitrogens with one attached hydrogen (secondary N) is 1. The molecule has 0 aliphatic rings. The average molecular weight is 368 g/mol. The lowest BCUT2D eigenvalue weighted by Crippen LogP contribution is -2.14. The van der Waals surface area contributed by atoms with Crippen molar-refractivity contribution >= 4 is 23.2 Å². The van der Waals surface area contributed by atoms with Gasteiger partial charge in [-0.1, -0.05) is 0 Å². The number of carboxylic acids is 1. The lowest BCUT2D eigenvalue weighted by atomic mass is 10.1. The number of ether oxygens (including phenoxy) is 1. The zero-order valence-electron chi connectivity index (χ0n) is 15.5. The summed E-state index contributed by atoms with van der Waals surface area (Å²) in [6.07, 6.45) is 0. The van der Waals surface area contributed by atoms with Crippen molar-refractivity contribution in [3.63, 3.8) is 0 Å². The minimum Gasteiger partial charge on any atom is -0.478 e. The Labute approximate surface area is 155 Å². The van der Waals surface area contributed by atoms with Crippen LogP contribution in [0, 0.1) is 20.8 Å². The number of anilines is 1. The quantitative estimate of drug-likeness (QED) is 0.717. The van der Waals surface area contributed by atoms with Gasteiger partial charge in [-0.15, -0.1) is 0 Å². The molecule has 0 aliphatic carbocycles. The topological polar surface area (TPSA) is 106 Å². The summed E-state index contributed by atoms with van der Waals surface area (Å²) in [4.78, 5) is 28.7. The van der Waals surface area contributed by atoms with Gasteiger partial charge in [0.15, 0.2) is 5.65 Å². The number of hydrogen-bond donors (Lipinski definition) is 2. The molecule has 3 rings (SSSR count). The van der Waals surface area contributed by atoms with E-state index >= 15 is 0 Å². The number of carbonyl (C=O) groups is 2. The normalized spacial score (nSPS) is 11.0. The molecule has 0 saturated carbocycles. The van der Waals surface area contributed by atoms with Crippen molar-refractivity contribution in [2.45, 2.75) is 27.4 Å². The van der Waals surface area contributed by atoms with Crippen molar-refractivity contribution in [2.75, 3.05) is 12.4 Å². The number of carboxylic acid groups (broad SMARTS) is 1. The number of carbonyl (C=O) groups excluding carboxylic acids is 1. The number of methoxy groups -OCH3 is 1. The molecule has 0 spiro atoms. The third kappa shape index (κ3) is 3.65. The molecule has 0 saturated heterocycles. The molecule has 1 amide bonds. The van der Waals surface area contributed by atoms with E-state index in [1.165, 1.54) is 19.2 Å². The summed E-state index contributed by atoms with van der Waals surface area (Å²) in [5, 5.41) is 16.4. The van der Waals surface area contributed by atoms with Gasteiger partial charge >= 0.3 is 5.97 Å². The Morgan fingerprint density at radius 3 is 2.59 bits per heavy atom. The van der Waals surface area contributed by atoms with Gasteiger partial charge in [0.25, 0.3) is 5.91 Å². The van der Waals surface area contributed by atoms with Crippen LogP contribution in [0.25, 0.3) is 5.65 Å². The first-order valence-electron chi connectivity index (χ1n) is 8.31. The highest BCUT2D eigenvalue weighted by Gasteiger charge is 2.20. The lowest BCUT2D eigenvalue weighted by Gasteiger charge is -2.09. The molecule has 0 atom stereocenters. The van der Waals surface area contributed by atoms with Crippen LogP contribution in [0.15, 0.2) is 24.3 Å². The zero-order valence-corrected chi connectivity index (χ0v) is 15.5. The van der Waals surface area contributed by atoms with Crippen molar-refractivity contribution in [1.82, 2.24) is 14.6 Å². The second-order valence-electron chi connectivity index (χ2n) is 6.35. The highest BCUT2D eigenvalue weighted by molar-refractivity contribution is 6.09. The van der Waals surface area contributed by atoms with Gasteiger partial charge in [0.2, 0.25) is 0 Å². The van der Waals surface area contributed by atoms with E-state index in [1.54, 1.807) is 17.5 Å². The van der Waals surface area contributed by atoms with E-state index in [4.69, 9.17) is 4.74 Å². The molecule has 8 nitrogen and oxygen atoms in total. The van der Waals surface area contributed by atoms with E-state index < -0.39 is 11.9 Å². The highest BCUT2D eigenvalue weighted by atomic mass is 16.5. The van der Waals surface area contributed by atoms with Crippen LogP contribution in [-0.4, -0.2) is 38.7 Å².